The lowest BCUT2D eigenvalue weighted by Gasteiger charge is -2.08. The summed E-state index contributed by atoms with van der Waals surface area (Å²) in [6.07, 6.45) is 4.36. The molecule has 2 aromatic rings. The number of carbonyl (C=O) groups is 1. The minimum absolute atomic E-state index is 0.185. The van der Waals surface area contributed by atoms with Crippen LogP contribution >= 0.6 is 15.9 Å². The average Bonchev–Trinajstić information content (AvgIpc) is 3.20. The van der Waals surface area contributed by atoms with Crippen LogP contribution in [0.5, 0.6) is 0 Å². The highest BCUT2D eigenvalue weighted by atomic mass is 79.9. The number of nitrogens with one attached hydrogen (secondary N) is 2. The lowest BCUT2D eigenvalue weighted by atomic mass is 10.2. The molecule has 3 rings (SSSR count). The summed E-state index contributed by atoms with van der Waals surface area (Å²) >= 11 is 3.58. The van der Waals surface area contributed by atoms with Gasteiger partial charge < -0.3 is 10.6 Å². The second-order valence-electron chi connectivity index (χ2n) is 5.17. The highest BCUT2D eigenvalue weighted by Crippen LogP contribution is 2.24. The van der Waals surface area contributed by atoms with Crippen molar-refractivity contribution in [3.8, 4) is 5.69 Å². The minimum atomic E-state index is -0.185. The maximum absolute atomic E-state index is 11.5. The van der Waals surface area contributed by atoms with Crippen molar-refractivity contribution in [1.29, 1.82) is 0 Å². The van der Waals surface area contributed by atoms with Crippen LogP contribution in [0.15, 0.2) is 34.9 Å². The fraction of sp³-hybridized carbons (Fsp3) is 0.333. The van der Waals surface area contributed by atoms with Gasteiger partial charge in [-0.3, -0.25) is 4.79 Å². The van der Waals surface area contributed by atoms with E-state index in [1.165, 1.54) is 18.4 Å². The number of halogens is 1. The molecule has 0 bridgehead atoms. The topological polar surface area (TPSA) is 59.0 Å². The molecule has 1 amide bonds. The number of amides is 1. The van der Waals surface area contributed by atoms with Crippen molar-refractivity contribution in [3.05, 3.63) is 46.2 Å². The van der Waals surface area contributed by atoms with Gasteiger partial charge in [0.1, 0.15) is 0 Å². The number of hydrogen-bond acceptors (Lipinski definition) is 3. The number of aromatic nitrogens is 2. The zero-order valence-electron chi connectivity index (χ0n) is 11.8. The second-order valence-corrected chi connectivity index (χ2v) is 6.02. The van der Waals surface area contributed by atoms with E-state index in [2.05, 4.69) is 43.8 Å². The van der Waals surface area contributed by atoms with Gasteiger partial charge in [0, 0.05) is 30.3 Å². The lowest BCUT2D eigenvalue weighted by molar-refractivity contribution is 0.0957. The van der Waals surface area contributed by atoms with Gasteiger partial charge in [-0.2, -0.15) is 5.10 Å². The third kappa shape index (κ3) is 3.33. The number of carbonyl (C=O) groups excluding carboxylic acids is 1. The van der Waals surface area contributed by atoms with Gasteiger partial charge in [-0.05, 0) is 52.5 Å². The first-order valence-electron chi connectivity index (χ1n) is 6.97. The maximum atomic E-state index is 11.5. The van der Waals surface area contributed by atoms with Crippen molar-refractivity contribution in [2.75, 3.05) is 7.05 Å². The molecule has 1 aromatic carbocycles. The first-order chi connectivity index (χ1) is 10.2. The van der Waals surface area contributed by atoms with Crippen LogP contribution < -0.4 is 10.6 Å². The monoisotopic (exact) mass is 348 g/mol. The second kappa shape index (κ2) is 5.99. The number of nitrogens with zero attached hydrogens (tertiary/aromatic N) is 2. The van der Waals surface area contributed by atoms with Crippen LogP contribution in [-0.4, -0.2) is 28.8 Å². The molecule has 0 spiro atoms. The Labute approximate surface area is 131 Å². The molecule has 0 atom stereocenters. The first kappa shape index (κ1) is 14.3. The van der Waals surface area contributed by atoms with E-state index in [0.717, 1.165) is 16.7 Å². The van der Waals surface area contributed by atoms with Crippen molar-refractivity contribution in [3.63, 3.8) is 0 Å². The predicted molar refractivity (Wildman–Crippen MR) is 84.5 cm³/mol. The van der Waals surface area contributed by atoms with E-state index in [1.54, 1.807) is 24.0 Å². The highest BCUT2D eigenvalue weighted by Gasteiger charge is 2.20. The van der Waals surface area contributed by atoms with Crippen LogP contribution in [0.1, 0.15) is 28.9 Å². The molecular weight excluding hydrogens is 332 g/mol. The van der Waals surface area contributed by atoms with Crippen molar-refractivity contribution >= 4 is 21.8 Å². The molecule has 21 heavy (non-hydrogen) atoms. The molecule has 1 aliphatic rings. The largest absolute Gasteiger partial charge is 0.354 e. The Kier molecular flexibility index (Phi) is 4.07. The van der Waals surface area contributed by atoms with Crippen molar-refractivity contribution in [2.45, 2.75) is 25.4 Å². The van der Waals surface area contributed by atoms with Crippen LogP contribution in [0.2, 0.25) is 0 Å². The van der Waals surface area contributed by atoms with Gasteiger partial charge in [0.2, 0.25) is 0 Å². The zero-order valence-corrected chi connectivity index (χ0v) is 13.4. The van der Waals surface area contributed by atoms with Crippen molar-refractivity contribution in [1.82, 2.24) is 20.4 Å². The first-order valence-corrected chi connectivity index (χ1v) is 7.76. The summed E-state index contributed by atoms with van der Waals surface area (Å²) in [5.74, 6) is -0.185. The molecule has 1 heterocycles. The molecule has 6 heteroatoms. The summed E-state index contributed by atoms with van der Waals surface area (Å²) in [5.41, 5.74) is 2.56. The Hall–Kier alpha value is -1.66. The summed E-state index contributed by atoms with van der Waals surface area (Å²) in [7, 11) is 1.60. The van der Waals surface area contributed by atoms with E-state index in [9.17, 15) is 4.79 Å². The third-order valence-corrected chi connectivity index (χ3v) is 4.12. The van der Waals surface area contributed by atoms with Crippen LogP contribution in [-0.2, 0) is 6.54 Å². The number of rotatable bonds is 5. The molecule has 1 aromatic heterocycles. The Bertz CT molecular complexity index is 663. The van der Waals surface area contributed by atoms with Gasteiger partial charge in [0.15, 0.2) is 5.69 Å². The fourth-order valence-electron chi connectivity index (χ4n) is 2.10. The molecular formula is C15H17BrN4O. The molecule has 1 fully saturated rings. The molecule has 0 saturated heterocycles. The number of hydrogen-bond donors (Lipinski definition) is 2. The van der Waals surface area contributed by atoms with Crippen LogP contribution in [0.25, 0.3) is 5.69 Å². The van der Waals surface area contributed by atoms with E-state index in [0.29, 0.717) is 11.7 Å². The van der Waals surface area contributed by atoms with Gasteiger partial charge in [-0.15, -0.1) is 0 Å². The summed E-state index contributed by atoms with van der Waals surface area (Å²) in [5, 5.41) is 10.3. The van der Waals surface area contributed by atoms with E-state index < -0.39 is 0 Å². The Balaban J connectivity index is 1.77. The summed E-state index contributed by atoms with van der Waals surface area (Å²) in [6, 6.07) is 8.58. The summed E-state index contributed by atoms with van der Waals surface area (Å²) in [6.45, 7) is 0.881. The maximum Gasteiger partial charge on any atom is 0.271 e. The molecule has 1 aliphatic carbocycles. The summed E-state index contributed by atoms with van der Waals surface area (Å²) in [4.78, 5) is 11.5. The zero-order chi connectivity index (χ0) is 14.8. The molecule has 0 unspecified atom stereocenters. The quantitative estimate of drug-likeness (QED) is 0.871. The number of benzene rings is 1. The average molecular weight is 349 g/mol. The van der Waals surface area contributed by atoms with Gasteiger partial charge in [-0.1, -0.05) is 6.07 Å². The van der Waals surface area contributed by atoms with E-state index in [-0.39, 0.29) is 5.91 Å². The molecule has 2 N–H and O–H groups in total. The summed E-state index contributed by atoms with van der Waals surface area (Å²) < 4.78 is 2.66. The standard InChI is InChI=1S/C15H17BrN4O/c1-17-15(21)13-6-7-20(19-13)14-5-2-10(8-12(14)16)9-18-11-3-4-11/h2,5-8,11,18H,3-4,9H2,1H3,(H,17,21). The predicted octanol–water partition coefficient (Wildman–Crippen LogP) is 2.25. The van der Waals surface area contributed by atoms with Crippen LogP contribution in [0.4, 0.5) is 0 Å². The minimum Gasteiger partial charge on any atom is -0.354 e. The van der Waals surface area contributed by atoms with Gasteiger partial charge in [-0.25, -0.2) is 4.68 Å². The SMILES string of the molecule is CNC(=O)c1ccn(-c2ccc(CNC3CC3)cc2Br)n1. The normalized spacial score (nSPS) is 14.2. The van der Waals surface area contributed by atoms with Gasteiger partial charge in [0.05, 0.1) is 5.69 Å². The van der Waals surface area contributed by atoms with Crippen molar-refractivity contribution < 1.29 is 4.79 Å². The molecule has 0 aliphatic heterocycles. The van der Waals surface area contributed by atoms with Crippen LogP contribution in [0, 0.1) is 0 Å². The molecule has 1 saturated carbocycles. The Morgan fingerprint density at radius 3 is 2.90 bits per heavy atom. The van der Waals surface area contributed by atoms with Crippen LogP contribution in [0.3, 0.4) is 0 Å². The molecule has 0 radical (unpaired) electrons. The lowest BCUT2D eigenvalue weighted by Crippen LogP contribution is -2.18. The Morgan fingerprint density at radius 2 is 2.24 bits per heavy atom. The third-order valence-electron chi connectivity index (χ3n) is 3.48. The highest BCUT2D eigenvalue weighted by molar-refractivity contribution is 9.10. The van der Waals surface area contributed by atoms with Crippen molar-refractivity contribution in [2.24, 2.45) is 0 Å². The van der Waals surface area contributed by atoms with Gasteiger partial charge in [0.25, 0.3) is 5.91 Å². The smallest absolute Gasteiger partial charge is 0.271 e. The molecule has 110 valence electrons. The Morgan fingerprint density at radius 1 is 1.43 bits per heavy atom. The van der Waals surface area contributed by atoms with Gasteiger partial charge >= 0.3 is 0 Å². The van der Waals surface area contributed by atoms with E-state index >= 15 is 0 Å². The van der Waals surface area contributed by atoms with E-state index in [4.69, 9.17) is 0 Å². The van der Waals surface area contributed by atoms with E-state index in [1.807, 2.05) is 6.07 Å². The fourth-order valence-corrected chi connectivity index (χ4v) is 2.71. The molecule has 5 nitrogen and oxygen atoms in total.